The largest absolute Gasteiger partial charge is 0.373 e. The Kier molecular flexibility index (Phi) is 5.46. The fourth-order valence-electron chi connectivity index (χ4n) is 3.04. The lowest BCUT2D eigenvalue weighted by Gasteiger charge is -2.33. The Morgan fingerprint density at radius 3 is 2.54 bits per heavy atom. The molecule has 3 rings (SSSR count). The van der Waals surface area contributed by atoms with Crippen LogP contribution in [-0.4, -0.2) is 32.7 Å². The molecule has 0 radical (unpaired) electrons. The predicted molar refractivity (Wildman–Crippen MR) is 106 cm³/mol. The normalized spacial score (nSPS) is 21.9. The molecule has 0 aliphatic heterocycles. The van der Waals surface area contributed by atoms with Gasteiger partial charge in [-0.15, -0.1) is 0 Å². The van der Waals surface area contributed by atoms with Crippen molar-refractivity contribution in [1.29, 1.82) is 0 Å². The van der Waals surface area contributed by atoms with Crippen LogP contribution in [0.4, 0.5) is 5.95 Å². The van der Waals surface area contributed by atoms with Crippen LogP contribution < -0.4 is 5.32 Å². The third-order valence-corrected chi connectivity index (χ3v) is 5.15. The van der Waals surface area contributed by atoms with E-state index in [2.05, 4.69) is 63.6 Å². The van der Waals surface area contributed by atoms with Crippen molar-refractivity contribution in [2.24, 2.45) is 0 Å². The molecule has 0 amide bonds. The maximum atomic E-state index is 6.11. The van der Waals surface area contributed by atoms with Crippen molar-refractivity contribution in [1.82, 2.24) is 15.0 Å². The predicted octanol–water partition coefficient (Wildman–Crippen LogP) is 4.82. The number of ether oxygens (including phenoxy) is 1. The zero-order chi connectivity index (χ0) is 17.3. The van der Waals surface area contributed by atoms with Crippen molar-refractivity contribution in [3.63, 3.8) is 0 Å². The highest BCUT2D eigenvalue weighted by molar-refractivity contribution is 14.1. The zero-order valence-electron chi connectivity index (χ0n) is 14.1. The number of hydrogen-bond donors (Lipinski definition) is 1. The molecule has 0 unspecified atom stereocenters. The number of aromatic nitrogens is 3. The summed E-state index contributed by atoms with van der Waals surface area (Å²) in [5.74, 6) is 0.655. The summed E-state index contributed by atoms with van der Waals surface area (Å²) in [6, 6.07) is 0.386. The summed E-state index contributed by atoms with van der Waals surface area (Å²) in [4.78, 5) is 13.2. The minimum absolute atomic E-state index is 0.0730. The second-order valence-electron chi connectivity index (χ2n) is 7.20. The maximum absolute atomic E-state index is 6.11. The highest BCUT2D eigenvalue weighted by atomic mass is 127. The summed E-state index contributed by atoms with van der Waals surface area (Å²) in [5.41, 5.74) is 0.772. The molecule has 1 N–H and O–H groups in total. The van der Waals surface area contributed by atoms with Crippen LogP contribution in [0, 0.1) is 3.57 Å². The molecule has 24 heavy (non-hydrogen) atoms. The molecule has 0 spiro atoms. The van der Waals surface area contributed by atoms with Gasteiger partial charge in [-0.2, -0.15) is 0 Å². The van der Waals surface area contributed by atoms with E-state index >= 15 is 0 Å². The van der Waals surface area contributed by atoms with Gasteiger partial charge < -0.3 is 10.1 Å². The molecule has 0 saturated heterocycles. The molecular formula is C17H22ClIN4O. The number of nitrogens with zero attached hydrogens (tertiary/aromatic N) is 3. The Bertz CT molecular complexity index is 726. The van der Waals surface area contributed by atoms with E-state index in [1.165, 1.54) is 0 Å². The van der Waals surface area contributed by atoms with Crippen LogP contribution >= 0.6 is 34.2 Å². The molecule has 1 aliphatic carbocycles. The first-order valence-corrected chi connectivity index (χ1v) is 9.68. The summed E-state index contributed by atoms with van der Waals surface area (Å²) in [5, 5.41) is 4.69. The van der Waals surface area contributed by atoms with E-state index in [0.717, 1.165) is 40.2 Å². The number of hydrogen-bond acceptors (Lipinski definition) is 5. The minimum Gasteiger partial charge on any atom is -0.373 e. The van der Waals surface area contributed by atoms with Gasteiger partial charge in [0, 0.05) is 18.4 Å². The molecule has 1 fully saturated rings. The van der Waals surface area contributed by atoms with Crippen molar-refractivity contribution in [3.05, 3.63) is 21.1 Å². The molecule has 0 aromatic carbocycles. The second-order valence-corrected chi connectivity index (χ2v) is 8.72. The van der Waals surface area contributed by atoms with Crippen LogP contribution in [0.1, 0.15) is 46.5 Å². The second kappa shape index (κ2) is 7.25. The quantitative estimate of drug-likeness (QED) is 0.525. The molecule has 0 atom stereocenters. The topological polar surface area (TPSA) is 59.9 Å². The molecular weight excluding hydrogens is 439 g/mol. The Morgan fingerprint density at radius 2 is 1.88 bits per heavy atom. The van der Waals surface area contributed by atoms with Crippen molar-refractivity contribution in [2.45, 2.75) is 64.2 Å². The van der Waals surface area contributed by atoms with Gasteiger partial charge in [0.05, 0.1) is 26.2 Å². The molecule has 2 aromatic heterocycles. The lowest BCUT2D eigenvalue weighted by atomic mass is 9.92. The summed E-state index contributed by atoms with van der Waals surface area (Å²) < 4.78 is 7.05. The highest BCUT2D eigenvalue weighted by Gasteiger charge is 2.25. The first-order valence-electron chi connectivity index (χ1n) is 8.23. The molecule has 0 bridgehead atoms. The van der Waals surface area contributed by atoms with Gasteiger partial charge in [-0.1, -0.05) is 11.6 Å². The maximum Gasteiger partial charge on any atom is 0.223 e. The fourth-order valence-corrected chi connectivity index (χ4v) is 3.77. The van der Waals surface area contributed by atoms with E-state index in [1.54, 1.807) is 12.4 Å². The Balaban J connectivity index is 1.65. The average molecular weight is 461 g/mol. The van der Waals surface area contributed by atoms with Crippen molar-refractivity contribution in [2.75, 3.05) is 5.32 Å². The smallest absolute Gasteiger partial charge is 0.223 e. The molecule has 5 nitrogen and oxygen atoms in total. The number of nitrogens with one attached hydrogen (secondary N) is 1. The number of pyridine rings is 1. The van der Waals surface area contributed by atoms with E-state index in [0.29, 0.717) is 23.2 Å². The monoisotopic (exact) mass is 460 g/mol. The Hall–Kier alpha value is -0.730. The van der Waals surface area contributed by atoms with Crippen LogP contribution in [0.15, 0.2) is 12.4 Å². The third kappa shape index (κ3) is 4.46. The third-order valence-electron chi connectivity index (χ3n) is 4.06. The molecule has 1 aliphatic rings. The summed E-state index contributed by atoms with van der Waals surface area (Å²) >= 11 is 8.33. The number of anilines is 1. The molecule has 130 valence electrons. The van der Waals surface area contributed by atoms with E-state index in [1.807, 2.05) is 0 Å². The minimum atomic E-state index is -0.0730. The standard InChI is InChI=1S/C17H22ClIN4O/c1-17(2,3)24-11-6-4-10(5-7-11)22-16-21-8-12-14(23-16)13(19)9-20-15(12)18/h8-11H,4-7H2,1-3H3,(H,21,22,23). The van der Waals surface area contributed by atoms with Crippen LogP contribution in [0.3, 0.4) is 0 Å². The van der Waals surface area contributed by atoms with Gasteiger partial charge >= 0.3 is 0 Å². The zero-order valence-corrected chi connectivity index (χ0v) is 17.1. The number of rotatable bonds is 3. The van der Waals surface area contributed by atoms with Crippen LogP contribution in [0.25, 0.3) is 10.9 Å². The van der Waals surface area contributed by atoms with E-state index < -0.39 is 0 Å². The van der Waals surface area contributed by atoms with Crippen molar-refractivity contribution in [3.8, 4) is 0 Å². The van der Waals surface area contributed by atoms with Gasteiger partial charge in [0.1, 0.15) is 5.15 Å². The molecule has 7 heteroatoms. The molecule has 1 saturated carbocycles. The van der Waals surface area contributed by atoms with Gasteiger partial charge in [0.15, 0.2) is 0 Å². The van der Waals surface area contributed by atoms with E-state index in [9.17, 15) is 0 Å². The number of halogens is 2. The summed E-state index contributed by atoms with van der Waals surface area (Å²) in [6.45, 7) is 6.34. The Labute approximate surface area is 161 Å². The molecule has 2 heterocycles. The molecule has 2 aromatic rings. The first kappa shape index (κ1) is 18.1. The highest BCUT2D eigenvalue weighted by Crippen LogP contribution is 2.28. The van der Waals surface area contributed by atoms with Crippen LogP contribution in [0.2, 0.25) is 5.15 Å². The van der Waals surface area contributed by atoms with E-state index in [4.69, 9.17) is 16.3 Å². The van der Waals surface area contributed by atoms with Crippen LogP contribution in [0.5, 0.6) is 0 Å². The summed E-state index contributed by atoms with van der Waals surface area (Å²) in [6.07, 6.45) is 8.10. The van der Waals surface area contributed by atoms with Gasteiger partial charge in [0.25, 0.3) is 0 Å². The van der Waals surface area contributed by atoms with Crippen molar-refractivity contribution >= 4 is 51.0 Å². The number of fused-ring (bicyclic) bond motifs is 1. The van der Waals surface area contributed by atoms with E-state index in [-0.39, 0.29) is 5.60 Å². The van der Waals surface area contributed by atoms with Gasteiger partial charge in [-0.25, -0.2) is 15.0 Å². The fraction of sp³-hybridized carbons (Fsp3) is 0.588. The van der Waals surface area contributed by atoms with Gasteiger partial charge in [-0.05, 0) is 69.0 Å². The first-order chi connectivity index (χ1) is 11.3. The van der Waals surface area contributed by atoms with Gasteiger partial charge in [-0.3, -0.25) is 0 Å². The average Bonchev–Trinajstić information content (AvgIpc) is 2.52. The lowest BCUT2D eigenvalue weighted by Crippen LogP contribution is -2.34. The lowest BCUT2D eigenvalue weighted by molar-refractivity contribution is -0.0742. The van der Waals surface area contributed by atoms with Crippen molar-refractivity contribution < 1.29 is 4.74 Å². The van der Waals surface area contributed by atoms with Gasteiger partial charge in [0.2, 0.25) is 5.95 Å². The SMILES string of the molecule is CC(C)(C)OC1CCC(Nc2ncc3c(Cl)ncc(I)c3n2)CC1. The Morgan fingerprint density at radius 1 is 1.17 bits per heavy atom. The van der Waals surface area contributed by atoms with Crippen LogP contribution in [-0.2, 0) is 4.74 Å². The summed E-state index contributed by atoms with van der Waals surface area (Å²) in [7, 11) is 0.